The van der Waals surface area contributed by atoms with Gasteiger partial charge in [0.25, 0.3) is 5.56 Å². The highest BCUT2D eigenvalue weighted by molar-refractivity contribution is 9.10. The predicted octanol–water partition coefficient (Wildman–Crippen LogP) is 5.27. The summed E-state index contributed by atoms with van der Waals surface area (Å²) in [5, 5.41) is 0.883. The topological polar surface area (TPSA) is 45.8 Å². The van der Waals surface area contributed by atoms with Crippen LogP contribution in [0.1, 0.15) is 52.3 Å². The quantitative estimate of drug-likeness (QED) is 0.754. The molecule has 110 valence electrons. The second-order valence-corrected chi connectivity index (χ2v) is 5.92. The molecular formula is C15H20BrClN2O. The highest BCUT2D eigenvalue weighted by atomic mass is 79.9. The third kappa shape index (κ3) is 3.61. The zero-order chi connectivity index (χ0) is 14.0. The zero-order valence-corrected chi connectivity index (χ0v) is 13.3. The molecule has 0 saturated heterocycles. The van der Waals surface area contributed by atoms with E-state index in [1.54, 1.807) is 0 Å². The van der Waals surface area contributed by atoms with Crippen molar-refractivity contribution in [3.8, 4) is 0 Å². The van der Waals surface area contributed by atoms with E-state index in [0.717, 1.165) is 18.7 Å². The van der Waals surface area contributed by atoms with E-state index in [1.165, 1.54) is 6.42 Å². The number of aromatic nitrogens is 2. The summed E-state index contributed by atoms with van der Waals surface area (Å²) in [5.74, 6) is 1.22. The van der Waals surface area contributed by atoms with E-state index < -0.39 is 0 Å². The molecule has 0 spiro atoms. The lowest BCUT2D eigenvalue weighted by Gasteiger charge is -2.03. The van der Waals surface area contributed by atoms with Crippen LogP contribution in [-0.2, 0) is 0 Å². The number of aromatic amines is 1. The van der Waals surface area contributed by atoms with Crippen LogP contribution in [0.15, 0.2) is 21.4 Å². The molecule has 1 aliphatic carbocycles. The molecule has 1 fully saturated rings. The van der Waals surface area contributed by atoms with E-state index in [2.05, 4.69) is 39.7 Å². The Bertz CT molecular complexity index is 650. The zero-order valence-electron chi connectivity index (χ0n) is 11.0. The van der Waals surface area contributed by atoms with Crippen LogP contribution in [0.4, 0.5) is 0 Å². The number of H-pyrrole nitrogens is 1. The molecule has 3 nitrogen and oxygen atoms in total. The molecule has 0 amide bonds. The van der Waals surface area contributed by atoms with Crippen molar-refractivity contribution in [2.45, 2.75) is 46.5 Å². The molecule has 1 heterocycles. The molecule has 0 atom stereocenters. The van der Waals surface area contributed by atoms with Crippen molar-refractivity contribution >= 4 is 38.4 Å². The fourth-order valence-corrected chi connectivity index (χ4v) is 2.31. The van der Waals surface area contributed by atoms with Gasteiger partial charge in [0.2, 0.25) is 0 Å². The number of nitrogens with one attached hydrogen (secondary N) is 1. The lowest BCUT2D eigenvalue weighted by molar-refractivity contribution is 0.931. The van der Waals surface area contributed by atoms with Crippen molar-refractivity contribution in [2.24, 2.45) is 0 Å². The number of rotatable bonds is 1. The number of halogens is 2. The maximum Gasteiger partial charge on any atom is 0.260 e. The number of benzene rings is 1. The van der Waals surface area contributed by atoms with Gasteiger partial charge in [-0.15, -0.1) is 0 Å². The van der Waals surface area contributed by atoms with Gasteiger partial charge in [-0.1, -0.05) is 39.3 Å². The Balaban J connectivity index is 0.000000462. The lowest BCUT2D eigenvalue weighted by Crippen LogP contribution is -2.11. The lowest BCUT2D eigenvalue weighted by atomic mass is 10.2. The van der Waals surface area contributed by atoms with E-state index in [1.807, 2.05) is 12.1 Å². The first kappa shape index (κ1) is 17.2. The highest BCUT2D eigenvalue weighted by Crippen LogP contribution is 2.38. The van der Waals surface area contributed by atoms with Crippen molar-refractivity contribution < 1.29 is 0 Å². The van der Waals surface area contributed by atoms with E-state index in [9.17, 15) is 4.79 Å². The number of hydrogen-bond acceptors (Lipinski definition) is 2. The molecule has 1 N–H and O–H groups in total. The Hall–Kier alpha value is -0.870. The molecule has 1 aromatic heterocycles. The SMILES string of the molecule is C.CCC.O=c1[nH]c(C2CC2)nc2ccc(Br)c(Cl)c12. The molecule has 0 bridgehead atoms. The van der Waals surface area contributed by atoms with Crippen LogP contribution in [0.5, 0.6) is 0 Å². The molecule has 20 heavy (non-hydrogen) atoms. The molecule has 0 unspecified atom stereocenters. The maximum absolute atomic E-state index is 11.9. The summed E-state index contributed by atoms with van der Waals surface area (Å²) >= 11 is 9.37. The van der Waals surface area contributed by atoms with Gasteiger partial charge in [-0.25, -0.2) is 4.98 Å². The van der Waals surface area contributed by atoms with Crippen LogP contribution < -0.4 is 5.56 Å². The van der Waals surface area contributed by atoms with Crippen LogP contribution in [0.2, 0.25) is 5.02 Å². The second kappa shape index (κ2) is 7.23. The average molecular weight is 360 g/mol. The molecule has 1 saturated carbocycles. The minimum absolute atomic E-state index is 0. The van der Waals surface area contributed by atoms with Crippen LogP contribution in [0, 0.1) is 0 Å². The maximum atomic E-state index is 11.9. The first-order valence-electron chi connectivity index (χ1n) is 6.46. The van der Waals surface area contributed by atoms with E-state index in [4.69, 9.17) is 11.6 Å². The third-order valence-corrected chi connectivity index (χ3v) is 4.03. The summed E-state index contributed by atoms with van der Waals surface area (Å²) < 4.78 is 0.716. The molecule has 2 aromatic rings. The fraction of sp³-hybridized carbons (Fsp3) is 0.467. The predicted molar refractivity (Wildman–Crippen MR) is 89.7 cm³/mol. The fourth-order valence-electron chi connectivity index (χ4n) is 1.74. The molecule has 5 heteroatoms. The highest BCUT2D eigenvalue weighted by Gasteiger charge is 2.26. The van der Waals surface area contributed by atoms with Crippen LogP contribution in [0.3, 0.4) is 0 Å². The van der Waals surface area contributed by atoms with E-state index in [0.29, 0.717) is 26.3 Å². The smallest absolute Gasteiger partial charge is 0.260 e. The summed E-state index contributed by atoms with van der Waals surface area (Å²) in [5.41, 5.74) is 0.511. The summed E-state index contributed by atoms with van der Waals surface area (Å²) in [7, 11) is 0. The Morgan fingerprint density at radius 2 is 2.00 bits per heavy atom. The van der Waals surface area contributed by atoms with Gasteiger partial charge < -0.3 is 4.98 Å². The summed E-state index contributed by atoms with van der Waals surface area (Å²) in [6.45, 7) is 4.25. The van der Waals surface area contributed by atoms with Gasteiger partial charge in [0.1, 0.15) is 5.82 Å². The number of hydrogen-bond donors (Lipinski definition) is 1. The van der Waals surface area contributed by atoms with Crippen molar-refractivity contribution in [3.63, 3.8) is 0 Å². The van der Waals surface area contributed by atoms with Gasteiger partial charge in [0, 0.05) is 10.4 Å². The third-order valence-electron chi connectivity index (χ3n) is 2.75. The van der Waals surface area contributed by atoms with Gasteiger partial charge in [-0.05, 0) is 40.9 Å². The monoisotopic (exact) mass is 358 g/mol. The minimum atomic E-state index is -0.154. The van der Waals surface area contributed by atoms with Gasteiger partial charge in [0.15, 0.2) is 0 Å². The van der Waals surface area contributed by atoms with Crippen molar-refractivity contribution in [3.05, 3.63) is 37.8 Å². The van der Waals surface area contributed by atoms with Gasteiger partial charge in [-0.2, -0.15) is 0 Å². The van der Waals surface area contributed by atoms with Gasteiger partial charge in [0.05, 0.1) is 15.9 Å². The van der Waals surface area contributed by atoms with Crippen molar-refractivity contribution in [1.29, 1.82) is 0 Å². The first-order valence-corrected chi connectivity index (χ1v) is 7.63. The molecular weight excluding hydrogens is 340 g/mol. The number of nitrogens with zero attached hydrogens (tertiary/aromatic N) is 1. The standard InChI is InChI=1S/C11H8BrClN2O.C3H8.CH4/c12-6-3-4-7-8(9(6)13)11(16)15-10(14-7)5-1-2-5;1-3-2;/h3-5H,1-2H2,(H,14,15,16);3H2,1-2H3;1H4. The van der Waals surface area contributed by atoms with Crippen LogP contribution in [-0.4, -0.2) is 9.97 Å². The van der Waals surface area contributed by atoms with Gasteiger partial charge in [-0.3, -0.25) is 4.79 Å². The van der Waals surface area contributed by atoms with E-state index in [-0.39, 0.29) is 13.0 Å². The molecule has 3 rings (SSSR count). The van der Waals surface area contributed by atoms with Crippen LogP contribution >= 0.6 is 27.5 Å². The van der Waals surface area contributed by atoms with Gasteiger partial charge >= 0.3 is 0 Å². The Kier molecular flexibility index (Phi) is 6.21. The molecule has 0 radical (unpaired) electrons. The normalized spacial score (nSPS) is 13.4. The first-order chi connectivity index (χ1) is 9.08. The molecule has 1 aliphatic rings. The molecule has 0 aliphatic heterocycles. The minimum Gasteiger partial charge on any atom is -0.310 e. The average Bonchev–Trinajstić information content (AvgIpc) is 3.18. The number of fused-ring (bicyclic) bond motifs is 1. The summed E-state index contributed by atoms with van der Waals surface area (Å²) in [6, 6.07) is 3.63. The molecule has 1 aromatic carbocycles. The van der Waals surface area contributed by atoms with Crippen molar-refractivity contribution in [1.82, 2.24) is 9.97 Å². The van der Waals surface area contributed by atoms with E-state index >= 15 is 0 Å². The summed E-state index contributed by atoms with van der Waals surface area (Å²) in [6.07, 6.45) is 3.47. The Labute approximate surface area is 132 Å². The largest absolute Gasteiger partial charge is 0.310 e. The Morgan fingerprint density at radius 3 is 2.55 bits per heavy atom. The second-order valence-electron chi connectivity index (χ2n) is 4.69. The summed E-state index contributed by atoms with van der Waals surface area (Å²) in [4.78, 5) is 19.2. The van der Waals surface area contributed by atoms with Crippen molar-refractivity contribution in [2.75, 3.05) is 0 Å². The van der Waals surface area contributed by atoms with Crippen LogP contribution in [0.25, 0.3) is 10.9 Å². The Morgan fingerprint density at radius 1 is 1.40 bits per heavy atom.